The Labute approximate surface area is 89.2 Å². The van der Waals surface area contributed by atoms with Gasteiger partial charge in [0.2, 0.25) is 10.0 Å². The molecule has 0 bridgehead atoms. The molecule has 0 aliphatic heterocycles. The maximum atomic E-state index is 11.5. The molecule has 0 aromatic heterocycles. The fourth-order valence-corrected chi connectivity index (χ4v) is 1.78. The quantitative estimate of drug-likeness (QED) is 0.788. The summed E-state index contributed by atoms with van der Waals surface area (Å²) in [6, 6.07) is 5.79. The predicted molar refractivity (Wildman–Crippen MR) is 57.1 cm³/mol. The first-order valence-electron chi connectivity index (χ1n) is 4.61. The molecule has 0 aliphatic carbocycles. The Balaban J connectivity index is 3.09. The highest BCUT2D eigenvalue weighted by Crippen LogP contribution is 2.12. The Morgan fingerprint density at radius 1 is 1.40 bits per heavy atom. The largest absolute Gasteiger partial charge is 0.294 e. The molecule has 0 saturated heterocycles. The number of hydrogen-bond donors (Lipinski definition) is 1. The highest BCUT2D eigenvalue weighted by molar-refractivity contribution is 7.89. The summed E-state index contributed by atoms with van der Waals surface area (Å²) in [6.07, 6.45) is 1.15. The first kappa shape index (κ1) is 11.9. The molecule has 0 unspecified atom stereocenters. The van der Waals surface area contributed by atoms with E-state index in [1.807, 2.05) is 6.92 Å². The van der Waals surface area contributed by atoms with Crippen molar-refractivity contribution in [3.05, 3.63) is 29.8 Å². The second-order valence-corrected chi connectivity index (χ2v) is 4.81. The molecule has 1 aromatic rings. The number of carbonyl (C=O) groups excluding carboxylic acids is 1. The molecule has 5 heteroatoms. The van der Waals surface area contributed by atoms with Gasteiger partial charge in [-0.1, -0.05) is 19.1 Å². The second kappa shape index (κ2) is 4.55. The van der Waals surface area contributed by atoms with Gasteiger partial charge in [0.25, 0.3) is 0 Å². The average Bonchev–Trinajstić information content (AvgIpc) is 2.17. The van der Waals surface area contributed by atoms with Crippen LogP contribution in [0.1, 0.15) is 30.1 Å². The Bertz CT molecular complexity index is 465. The maximum Gasteiger partial charge on any atom is 0.238 e. The summed E-state index contributed by atoms with van der Waals surface area (Å²) < 4.78 is 22.1. The summed E-state index contributed by atoms with van der Waals surface area (Å²) in [5.74, 6) is -0.0667. The van der Waals surface area contributed by atoms with Crippen LogP contribution >= 0.6 is 0 Å². The number of primary sulfonamides is 1. The van der Waals surface area contributed by atoms with Crippen molar-refractivity contribution in [1.29, 1.82) is 0 Å². The number of Topliss-reactive ketones (excluding diaryl/α,β-unsaturated/α-hetero) is 1. The van der Waals surface area contributed by atoms with Crippen molar-refractivity contribution in [1.82, 2.24) is 0 Å². The molecule has 0 fully saturated rings. The topological polar surface area (TPSA) is 77.2 Å². The molecule has 0 heterocycles. The standard InChI is InChI=1S/C10H13NO3S/c1-2-4-10(12)8-5-3-6-9(7-8)15(11,13)14/h3,5-7H,2,4H2,1H3,(H2,11,13,14). The number of carbonyl (C=O) groups is 1. The molecular formula is C10H13NO3S. The molecule has 0 radical (unpaired) electrons. The minimum Gasteiger partial charge on any atom is -0.294 e. The van der Waals surface area contributed by atoms with E-state index in [9.17, 15) is 13.2 Å². The van der Waals surface area contributed by atoms with E-state index >= 15 is 0 Å². The van der Waals surface area contributed by atoms with Gasteiger partial charge >= 0.3 is 0 Å². The maximum absolute atomic E-state index is 11.5. The lowest BCUT2D eigenvalue weighted by Crippen LogP contribution is -2.13. The molecule has 2 N–H and O–H groups in total. The fourth-order valence-electron chi connectivity index (χ4n) is 1.22. The fraction of sp³-hybridized carbons (Fsp3) is 0.300. The van der Waals surface area contributed by atoms with Crippen molar-refractivity contribution in [2.75, 3.05) is 0 Å². The third-order valence-electron chi connectivity index (χ3n) is 1.96. The Morgan fingerprint density at radius 3 is 2.60 bits per heavy atom. The first-order valence-corrected chi connectivity index (χ1v) is 6.16. The van der Waals surface area contributed by atoms with Crippen LogP contribution in [0.3, 0.4) is 0 Å². The van der Waals surface area contributed by atoms with E-state index in [1.165, 1.54) is 18.2 Å². The average molecular weight is 227 g/mol. The predicted octanol–water partition coefficient (Wildman–Crippen LogP) is 1.32. The molecule has 0 atom stereocenters. The summed E-state index contributed by atoms with van der Waals surface area (Å²) in [7, 11) is -3.73. The van der Waals surface area contributed by atoms with E-state index in [4.69, 9.17) is 5.14 Å². The van der Waals surface area contributed by atoms with E-state index in [2.05, 4.69) is 0 Å². The van der Waals surface area contributed by atoms with Gasteiger partial charge in [0.05, 0.1) is 4.90 Å². The van der Waals surface area contributed by atoms with Crippen LogP contribution < -0.4 is 5.14 Å². The van der Waals surface area contributed by atoms with Crippen molar-refractivity contribution < 1.29 is 13.2 Å². The zero-order chi connectivity index (χ0) is 11.5. The smallest absolute Gasteiger partial charge is 0.238 e. The van der Waals surface area contributed by atoms with Crippen LogP contribution in [-0.2, 0) is 10.0 Å². The van der Waals surface area contributed by atoms with Gasteiger partial charge in [-0.3, -0.25) is 4.79 Å². The van der Waals surface area contributed by atoms with Crippen LogP contribution in [0.5, 0.6) is 0 Å². The Morgan fingerprint density at radius 2 is 2.07 bits per heavy atom. The van der Waals surface area contributed by atoms with Crippen LogP contribution in [0.25, 0.3) is 0 Å². The number of rotatable bonds is 4. The molecule has 0 spiro atoms. The van der Waals surface area contributed by atoms with Gasteiger partial charge in [-0.15, -0.1) is 0 Å². The zero-order valence-electron chi connectivity index (χ0n) is 8.43. The molecule has 15 heavy (non-hydrogen) atoms. The normalized spacial score (nSPS) is 11.3. The van der Waals surface area contributed by atoms with E-state index < -0.39 is 10.0 Å². The van der Waals surface area contributed by atoms with Crippen LogP contribution in [-0.4, -0.2) is 14.2 Å². The molecule has 1 aromatic carbocycles. The van der Waals surface area contributed by atoms with Crippen molar-refractivity contribution in [2.45, 2.75) is 24.7 Å². The summed E-state index contributed by atoms with van der Waals surface area (Å²) in [4.78, 5) is 11.5. The third-order valence-corrected chi connectivity index (χ3v) is 2.87. The van der Waals surface area contributed by atoms with Gasteiger partial charge < -0.3 is 0 Å². The van der Waals surface area contributed by atoms with E-state index in [0.29, 0.717) is 12.0 Å². The van der Waals surface area contributed by atoms with Crippen molar-refractivity contribution in [3.8, 4) is 0 Å². The number of nitrogens with two attached hydrogens (primary N) is 1. The van der Waals surface area contributed by atoms with E-state index in [0.717, 1.165) is 6.42 Å². The number of hydrogen-bond acceptors (Lipinski definition) is 3. The van der Waals surface area contributed by atoms with Crippen molar-refractivity contribution in [3.63, 3.8) is 0 Å². The minimum absolute atomic E-state index is 0.0237. The molecule has 0 saturated carbocycles. The van der Waals surface area contributed by atoms with Gasteiger partial charge in [-0.25, -0.2) is 13.6 Å². The summed E-state index contributed by atoms with van der Waals surface area (Å²) in [6.45, 7) is 1.89. The number of sulfonamides is 1. The van der Waals surface area contributed by atoms with Gasteiger partial charge in [0.1, 0.15) is 0 Å². The third kappa shape index (κ3) is 3.14. The molecule has 0 aliphatic rings. The first-order chi connectivity index (χ1) is 6.95. The lowest BCUT2D eigenvalue weighted by molar-refractivity contribution is 0.0981. The lowest BCUT2D eigenvalue weighted by Gasteiger charge is -2.01. The van der Waals surface area contributed by atoms with Crippen molar-refractivity contribution in [2.24, 2.45) is 5.14 Å². The molecule has 82 valence electrons. The highest BCUT2D eigenvalue weighted by Gasteiger charge is 2.11. The molecule has 1 rings (SSSR count). The number of ketones is 1. The summed E-state index contributed by atoms with van der Waals surface area (Å²) in [5, 5.41) is 4.96. The van der Waals surface area contributed by atoms with Gasteiger partial charge in [0.15, 0.2) is 5.78 Å². The monoisotopic (exact) mass is 227 g/mol. The Kier molecular flexibility index (Phi) is 3.60. The summed E-state index contributed by atoms with van der Waals surface area (Å²) in [5.41, 5.74) is 0.392. The van der Waals surface area contributed by atoms with Gasteiger partial charge in [-0.05, 0) is 18.6 Å². The zero-order valence-corrected chi connectivity index (χ0v) is 9.25. The summed E-state index contributed by atoms with van der Waals surface area (Å²) >= 11 is 0. The minimum atomic E-state index is -3.73. The van der Waals surface area contributed by atoms with E-state index in [1.54, 1.807) is 6.07 Å². The number of benzene rings is 1. The second-order valence-electron chi connectivity index (χ2n) is 3.25. The van der Waals surface area contributed by atoms with Crippen LogP contribution in [0.4, 0.5) is 0 Å². The molecule has 0 amide bonds. The van der Waals surface area contributed by atoms with Crippen molar-refractivity contribution >= 4 is 15.8 Å². The van der Waals surface area contributed by atoms with Crippen LogP contribution in [0.2, 0.25) is 0 Å². The van der Waals surface area contributed by atoms with Gasteiger partial charge in [-0.2, -0.15) is 0 Å². The van der Waals surface area contributed by atoms with Crippen LogP contribution in [0.15, 0.2) is 29.2 Å². The van der Waals surface area contributed by atoms with Crippen LogP contribution in [0, 0.1) is 0 Å². The molecular weight excluding hydrogens is 214 g/mol. The molecule has 4 nitrogen and oxygen atoms in total. The Hall–Kier alpha value is -1.20. The van der Waals surface area contributed by atoms with Gasteiger partial charge in [0, 0.05) is 12.0 Å². The van der Waals surface area contributed by atoms with E-state index in [-0.39, 0.29) is 10.7 Å². The SMILES string of the molecule is CCCC(=O)c1cccc(S(N)(=O)=O)c1. The highest BCUT2D eigenvalue weighted by atomic mass is 32.2. The lowest BCUT2D eigenvalue weighted by atomic mass is 10.1.